The maximum absolute atomic E-state index is 11.6. The first-order chi connectivity index (χ1) is 10.0. The lowest BCUT2D eigenvalue weighted by atomic mass is 10.2. The minimum atomic E-state index is -1.06. The zero-order valence-corrected chi connectivity index (χ0v) is 12.3. The number of rotatable bonds is 7. The Bertz CT molecular complexity index is 504. The fourth-order valence-corrected chi connectivity index (χ4v) is 1.72. The van der Waals surface area contributed by atoms with Crippen molar-refractivity contribution in [3.05, 3.63) is 23.8 Å². The van der Waals surface area contributed by atoms with Gasteiger partial charge in [0.05, 0.1) is 14.2 Å². The third kappa shape index (κ3) is 4.87. The number of aliphatic carboxylic acids is 1. The van der Waals surface area contributed by atoms with E-state index in [9.17, 15) is 9.59 Å². The normalized spacial score (nSPS) is 11.4. The number of urea groups is 1. The van der Waals surface area contributed by atoms with Crippen molar-refractivity contribution >= 4 is 12.0 Å². The van der Waals surface area contributed by atoms with Crippen molar-refractivity contribution in [2.24, 2.45) is 0 Å². The SMILES string of the molecule is CC[C@@H](NC(=O)NCc1ccc(OC)c(OC)c1)C(=O)O. The van der Waals surface area contributed by atoms with Crippen LogP contribution in [0.1, 0.15) is 18.9 Å². The van der Waals surface area contributed by atoms with Crippen LogP contribution in [-0.2, 0) is 11.3 Å². The molecule has 7 nitrogen and oxygen atoms in total. The number of ether oxygens (including phenoxy) is 2. The number of hydrogen-bond acceptors (Lipinski definition) is 4. The monoisotopic (exact) mass is 296 g/mol. The number of carbonyl (C=O) groups excluding carboxylic acids is 1. The van der Waals surface area contributed by atoms with Gasteiger partial charge in [-0.2, -0.15) is 0 Å². The molecule has 1 aromatic carbocycles. The van der Waals surface area contributed by atoms with Crippen molar-refractivity contribution in [3.8, 4) is 11.5 Å². The quantitative estimate of drug-likeness (QED) is 0.706. The Morgan fingerprint density at radius 3 is 2.43 bits per heavy atom. The highest BCUT2D eigenvalue weighted by atomic mass is 16.5. The Labute approximate surface area is 123 Å². The Kier molecular flexibility index (Phi) is 6.32. The average Bonchev–Trinajstić information content (AvgIpc) is 2.49. The smallest absolute Gasteiger partial charge is 0.326 e. The molecule has 1 aromatic rings. The molecule has 21 heavy (non-hydrogen) atoms. The summed E-state index contributed by atoms with van der Waals surface area (Å²) in [6.07, 6.45) is 0.319. The van der Waals surface area contributed by atoms with Gasteiger partial charge >= 0.3 is 12.0 Å². The van der Waals surface area contributed by atoms with E-state index in [0.717, 1.165) is 5.56 Å². The molecule has 116 valence electrons. The molecule has 0 aromatic heterocycles. The van der Waals surface area contributed by atoms with E-state index < -0.39 is 18.0 Å². The first-order valence-corrected chi connectivity index (χ1v) is 6.49. The summed E-state index contributed by atoms with van der Waals surface area (Å²) in [6, 6.07) is 3.85. The molecule has 0 saturated carbocycles. The summed E-state index contributed by atoms with van der Waals surface area (Å²) < 4.78 is 10.3. The number of benzene rings is 1. The molecule has 0 aliphatic heterocycles. The molecule has 1 rings (SSSR count). The van der Waals surface area contributed by atoms with Crippen LogP contribution in [0.2, 0.25) is 0 Å². The highest BCUT2D eigenvalue weighted by molar-refractivity contribution is 5.82. The van der Waals surface area contributed by atoms with E-state index >= 15 is 0 Å². The van der Waals surface area contributed by atoms with Gasteiger partial charge in [0, 0.05) is 6.54 Å². The molecule has 3 N–H and O–H groups in total. The second-order valence-electron chi connectivity index (χ2n) is 4.32. The average molecular weight is 296 g/mol. The second kappa shape index (κ2) is 7.98. The molecule has 0 aliphatic carbocycles. The largest absolute Gasteiger partial charge is 0.493 e. The van der Waals surface area contributed by atoms with Crippen LogP contribution in [0.15, 0.2) is 18.2 Å². The number of methoxy groups -OCH3 is 2. The lowest BCUT2D eigenvalue weighted by Gasteiger charge is -2.14. The van der Waals surface area contributed by atoms with Gasteiger partial charge in [-0.05, 0) is 24.1 Å². The van der Waals surface area contributed by atoms with Crippen LogP contribution in [0, 0.1) is 0 Å². The maximum atomic E-state index is 11.6. The molecule has 1 atom stereocenters. The highest BCUT2D eigenvalue weighted by Gasteiger charge is 2.17. The molecular weight excluding hydrogens is 276 g/mol. The third-order valence-electron chi connectivity index (χ3n) is 2.91. The topological polar surface area (TPSA) is 96.9 Å². The summed E-state index contributed by atoms with van der Waals surface area (Å²) in [5, 5.41) is 13.8. The van der Waals surface area contributed by atoms with Crippen LogP contribution in [0.5, 0.6) is 11.5 Å². The lowest BCUT2D eigenvalue weighted by molar-refractivity contribution is -0.139. The van der Waals surface area contributed by atoms with Gasteiger partial charge in [0.25, 0.3) is 0 Å². The van der Waals surface area contributed by atoms with E-state index in [1.165, 1.54) is 7.11 Å². The molecule has 0 radical (unpaired) electrons. The maximum Gasteiger partial charge on any atom is 0.326 e. The molecular formula is C14H20N2O5. The number of carboxylic acid groups (broad SMARTS) is 1. The number of nitrogens with one attached hydrogen (secondary N) is 2. The Hall–Kier alpha value is -2.44. The predicted molar refractivity (Wildman–Crippen MR) is 76.6 cm³/mol. The molecule has 0 aliphatic rings. The molecule has 0 saturated heterocycles. The fourth-order valence-electron chi connectivity index (χ4n) is 1.72. The Morgan fingerprint density at radius 2 is 1.90 bits per heavy atom. The van der Waals surface area contributed by atoms with Gasteiger partial charge in [-0.1, -0.05) is 13.0 Å². The Balaban J connectivity index is 2.59. The van der Waals surface area contributed by atoms with Crippen LogP contribution in [0.25, 0.3) is 0 Å². The number of amides is 2. The first kappa shape index (κ1) is 16.6. The van der Waals surface area contributed by atoms with Crippen molar-refractivity contribution in [2.75, 3.05) is 14.2 Å². The lowest BCUT2D eigenvalue weighted by Crippen LogP contribution is -2.45. The minimum absolute atomic E-state index is 0.252. The van der Waals surface area contributed by atoms with E-state index in [1.807, 2.05) is 0 Å². The fraction of sp³-hybridized carbons (Fsp3) is 0.429. The summed E-state index contributed by atoms with van der Waals surface area (Å²) in [5.74, 6) is 0.107. The van der Waals surface area contributed by atoms with E-state index in [1.54, 1.807) is 32.2 Å². The van der Waals surface area contributed by atoms with Gasteiger partial charge in [0.1, 0.15) is 6.04 Å². The van der Waals surface area contributed by atoms with Crippen LogP contribution >= 0.6 is 0 Å². The van der Waals surface area contributed by atoms with Gasteiger partial charge in [0.15, 0.2) is 11.5 Å². The predicted octanol–water partition coefficient (Wildman–Crippen LogP) is 1.37. The number of carbonyl (C=O) groups is 2. The molecule has 0 spiro atoms. The van der Waals surface area contributed by atoms with Crippen molar-refractivity contribution in [2.45, 2.75) is 25.9 Å². The van der Waals surface area contributed by atoms with Crippen molar-refractivity contribution in [1.82, 2.24) is 10.6 Å². The highest BCUT2D eigenvalue weighted by Crippen LogP contribution is 2.27. The first-order valence-electron chi connectivity index (χ1n) is 6.49. The standard InChI is InChI=1S/C14H20N2O5/c1-4-10(13(17)18)16-14(19)15-8-9-5-6-11(20-2)12(7-9)21-3/h5-7,10H,4,8H2,1-3H3,(H,17,18)(H2,15,16,19)/t10-/m1/s1. The van der Waals surface area contributed by atoms with Crippen LogP contribution in [0.3, 0.4) is 0 Å². The zero-order valence-electron chi connectivity index (χ0n) is 12.3. The summed E-state index contributed by atoms with van der Waals surface area (Å²) >= 11 is 0. The summed E-state index contributed by atoms with van der Waals surface area (Å²) in [4.78, 5) is 22.4. The van der Waals surface area contributed by atoms with Crippen molar-refractivity contribution < 1.29 is 24.2 Å². The van der Waals surface area contributed by atoms with Gasteiger partial charge in [-0.15, -0.1) is 0 Å². The molecule has 7 heteroatoms. The van der Waals surface area contributed by atoms with Crippen molar-refractivity contribution in [3.63, 3.8) is 0 Å². The van der Waals surface area contributed by atoms with Gasteiger partial charge in [-0.3, -0.25) is 0 Å². The Morgan fingerprint density at radius 1 is 1.24 bits per heavy atom. The van der Waals surface area contributed by atoms with E-state index in [2.05, 4.69) is 10.6 Å². The number of hydrogen-bond donors (Lipinski definition) is 3. The van der Waals surface area contributed by atoms with E-state index in [-0.39, 0.29) is 6.54 Å². The molecule has 2 amide bonds. The molecule has 0 bridgehead atoms. The van der Waals surface area contributed by atoms with Crippen LogP contribution in [0.4, 0.5) is 4.79 Å². The zero-order chi connectivity index (χ0) is 15.8. The van der Waals surface area contributed by atoms with Crippen molar-refractivity contribution in [1.29, 1.82) is 0 Å². The minimum Gasteiger partial charge on any atom is -0.493 e. The van der Waals surface area contributed by atoms with Crippen LogP contribution in [-0.4, -0.2) is 37.4 Å². The van der Waals surface area contributed by atoms with Gasteiger partial charge in [-0.25, -0.2) is 9.59 Å². The second-order valence-corrected chi connectivity index (χ2v) is 4.32. The third-order valence-corrected chi connectivity index (χ3v) is 2.91. The summed E-state index contributed by atoms with van der Waals surface area (Å²) in [7, 11) is 3.07. The summed E-state index contributed by atoms with van der Waals surface area (Å²) in [6.45, 7) is 1.94. The van der Waals surface area contributed by atoms with E-state index in [0.29, 0.717) is 17.9 Å². The number of carboxylic acids is 1. The van der Waals surface area contributed by atoms with Gasteiger partial charge in [0.2, 0.25) is 0 Å². The van der Waals surface area contributed by atoms with E-state index in [4.69, 9.17) is 14.6 Å². The van der Waals surface area contributed by atoms with Crippen LogP contribution < -0.4 is 20.1 Å². The van der Waals surface area contributed by atoms with Gasteiger partial charge < -0.3 is 25.2 Å². The molecule has 0 heterocycles. The molecule has 0 unspecified atom stereocenters. The summed E-state index contributed by atoms with van der Waals surface area (Å²) in [5.41, 5.74) is 0.811. The molecule has 0 fully saturated rings.